The van der Waals surface area contributed by atoms with Gasteiger partial charge in [0.1, 0.15) is 19.8 Å². The molecule has 2 atom stereocenters. The van der Waals surface area contributed by atoms with Crippen molar-refractivity contribution in [2.75, 3.05) is 133 Å². The number of benzene rings is 8. The molecule has 41 heteroatoms. The van der Waals surface area contributed by atoms with Crippen LogP contribution in [0.1, 0.15) is 166 Å². The fraction of sp³-hybridized carbons (Fsp3) is 0.355. The standard InChI is InChI=1S/C25H25F3N4O3.C23H23F3N4O4.C23H24F2N4O4.C22H23F2N5O3/c26-25(27,28)17-6-4-5-16(13-17)23(34)30-24-29-20-14-19(31-11-12-35-15-22(31)33)9-10-21(20)32(24)18-7-2-1-3-8-18;1-14(7-9-31)30-19-6-5-17(29-8-10-34-13-20(29)32)12-18(19)27-22(30)28-21(33)15-3-2-4-16(11-15)23(24,25)26;1-14(7-9-30)29-19-6-5-17(28-8-10-33-13-20(28)31)12-18(19)26-23(29)27-22(32)16-4-2-3-15(11-16)21(24)25;23-19(24)14-4-1-5-15(12-14)20(31)27-21-26-17-13-16(28-9-2-8-25-22(28)32)6-7-18(17)29(21)10-3-11-30/h4-6,9-10,13-14,18H,1-3,7-8,11-12,15H2,(H,29,30,34);2-6,11-12,14,31H,7-10,13H2,1H3,(H,27,28,33);2-6,11-12,14,21,30H,7-10,13H2,1H3,(H,26,27,32);1,4-7,12-13,19,30H,2-3,8-11H2,(H,25,32)(H,26,27,31)/t;2*14-;/m.11./s1. The van der Waals surface area contributed by atoms with Crippen molar-refractivity contribution in [1.29, 1.82) is 0 Å². The van der Waals surface area contributed by atoms with Gasteiger partial charge in [0.25, 0.3) is 54.2 Å². The largest absolute Gasteiger partial charge is 0.416 e. The van der Waals surface area contributed by atoms with E-state index in [1.807, 2.05) is 42.7 Å². The monoisotopic (exact) mass is 1860 g/mol. The molecule has 5 fully saturated rings. The zero-order valence-electron chi connectivity index (χ0n) is 72.5. The third kappa shape index (κ3) is 22.6. The van der Waals surface area contributed by atoms with Gasteiger partial charge in [-0.2, -0.15) is 26.3 Å². The molecule has 31 nitrogen and oxygen atoms in total. The Balaban J connectivity index is 0.000000143. The third-order valence-corrected chi connectivity index (χ3v) is 23.1. The summed E-state index contributed by atoms with van der Waals surface area (Å²) in [6, 6.07) is 39.9. The fourth-order valence-electron chi connectivity index (χ4n) is 16.3. The van der Waals surface area contributed by atoms with Crippen molar-refractivity contribution in [2.24, 2.45) is 0 Å². The number of aryl methyl sites for hydroxylation is 1. The number of urea groups is 1. The van der Waals surface area contributed by atoms with Crippen LogP contribution in [0.5, 0.6) is 0 Å². The van der Waals surface area contributed by atoms with Gasteiger partial charge in [0, 0.05) is 133 Å². The molecule has 0 radical (unpaired) electrons. The molecule has 0 bridgehead atoms. The lowest BCUT2D eigenvalue weighted by molar-refractivity contribution is -0.138. The number of nitrogens with zero attached hydrogens (tertiary/aromatic N) is 12. The van der Waals surface area contributed by atoms with E-state index in [0.29, 0.717) is 140 Å². The summed E-state index contributed by atoms with van der Waals surface area (Å²) in [5.74, 6) is -2.14. The molecule has 12 aromatic rings. The van der Waals surface area contributed by atoms with E-state index in [0.717, 1.165) is 86.0 Å². The van der Waals surface area contributed by atoms with E-state index in [1.54, 1.807) is 81.8 Å². The summed E-state index contributed by atoms with van der Waals surface area (Å²) in [5, 5.41) is 41.7. The van der Waals surface area contributed by atoms with E-state index in [1.165, 1.54) is 60.7 Å². The molecule has 5 aliphatic rings. The maximum Gasteiger partial charge on any atom is 0.416 e. The molecule has 4 saturated heterocycles. The number of alkyl halides is 10. The summed E-state index contributed by atoms with van der Waals surface area (Å²) in [4.78, 5) is 125. The summed E-state index contributed by atoms with van der Waals surface area (Å²) in [6.45, 7) is 7.67. The maximum absolute atomic E-state index is 13.1. The van der Waals surface area contributed by atoms with E-state index in [4.69, 9.17) is 14.2 Å². The van der Waals surface area contributed by atoms with E-state index in [-0.39, 0.29) is 133 Å². The maximum atomic E-state index is 13.1. The lowest BCUT2D eigenvalue weighted by Crippen LogP contribution is -2.46. The number of rotatable bonds is 24. The number of imidazole rings is 4. The Labute approximate surface area is 759 Å². The van der Waals surface area contributed by atoms with Crippen molar-refractivity contribution in [2.45, 2.75) is 122 Å². The van der Waals surface area contributed by atoms with Gasteiger partial charge in [0.2, 0.25) is 23.8 Å². The predicted octanol–water partition coefficient (Wildman–Crippen LogP) is 15.9. The van der Waals surface area contributed by atoms with Crippen molar-refractivity contribution in [1.82, 2.24) is 43.5 Å². The Hall–Kier alpha value is -13.7. The summed E-state index contributed by atoms with van der Waals surface area (Å²) >= 11 is 0. The van der Waals surface area contributed by atoms with Crippen molar-refractivity contribution in [3.05, 3.63) is 214 Å². The third-order valence-electron chi connectivity index (χ3n) is 23.1. The van der Waals surface area contributed by atoms with Crippen LogP contribution >= 0.6 is 0 Å². The molecule has 0 unspecified atom stereocenters. The second-order valence-electron chi connectivity index (χ2n) is 32.1. The Morgan fingerprint density at radius 3 is 1.22 bits per heavy atom. The summed E-state index contributed by atoms with van der Waals surface area (Å²) in [5.41, 5.74) is 5.36. The van der Waals surface area contributed by atoms with Crippen LogP contribution in [0.2, 0.25) is 0 Å². The number of amides is 9. The molecule has 0 spiro atoms. The summed E-state index contributed by atoms with van der Waals surface area (Å²) < 4.78 is 153. The number of halogens is 10. The normalized spacial score (nSPS) is 15.7. The highest BCUT2D eigenvalue weighted by molar-refractivity contribution is 6.08. The van der Waals surface area contributed by atoms with Gasteiger partial charge in [-0.1, -0.05) is 55.7 Å². The van der Waals surface area contributed by atoms with Gasteiger partial charge in [-0.25, -0.2) is 42.3 Å². The first-order valence-corrected chi connectivity index (χ1v) is 43.3. The molecule has 9 amide bonds. The number of hydrogen-bond donors (Lipinski definition) is 8. The van der Waals surface area contributed by atoms with Crippen molar-refractivity contribution in [3.63, 3.8) is 0 Å². The van der Waals surface area contributed by atoms with E-state index < -0.39 is 60.0 Å². The number of aliphatic hydroxyl groups excluding tert-OH is 3. The number of aliphatic hydroxyl groups is 3. The minimum absolute atomic E-state index is 0.0129. The van der Waals surface area contributed by atoms with Crippen LogP contribution in [0.3, 0.4) is 0 Å². The highest BCUT2D eigenvalue weighted by Gasteiger charge is 2.35. The molecule has 17 rings (SSSR count). The molecule has 706 valence electrons. The van der Waals surface area contributed by atoms with Crippen LogP contribution in [-0.2, 0) is 47.5 Å². The predicted molar refractivity (Wildman–Crippen MR) is 478 cm³/mol. The van der Waals surface area contributed by atoms with Crippen LogP contribution in [0.4, 0.5) is 95.2 Å². The van der Waals surface area contributed by atoms with Gasteiger partial charge in [0.05, 0.1) is 75.1 Å². The average Bonchev–Trinajstić information content (AvgIpc) is 1.64. The molecule has 8 heterocycles. The number of carbonyl (C=O) groups excluding carboxylic acids is 8. The lowest BCUT2D eigenvalue weighted by Gasteiger charge is -2.27. The van der Waals surface area contributed by atoms with Crippen LogP contribution in [0.15, 0.2) is 170 Å². The first-order chi connectivity index (χ1) is 64.4. The fourth-order valence-corrected chi connectivity index (χ4v) is 16.3. The molecule has 1 aliphatic carbocycles. The molecule has 4 aliphatic heterocycles. The van der Waals surface area contributed by atoms with E-state index in [9.17, 15) is 97.6 Å². The van der Waals surface area contributed by atoms with Gasteiger partial charge in [0.15, 0.2) is 0 Å². The number of nitrogens with one attached hydrogen (secondary N) is 5. The summed E-state index contributed by atoms with van der Waals surface area (Å²) in [6.07, 6.45) is -7.38. The van der Waals surface area contributed by atoms with Crippen molar-refractivity contribution < 1.29 is 112 Å². The minimum Gasteiger partial charge on any atom is -0.396 e. The molecule has 8 aromatic carbocycles. The number of carbonyl (C=O) groups is 8. The highest BCUT2D eigenvalue weighted by atomic mass is 19.4. The number of hydrogen-bond acceptors (Lipinski definition) is 18. The first kappa shape index (κ1) is 96.3. The van der Waals surface area contributed by atoms with Crippen LogP contribution in [-0.4, -0.2) is 193 Å². The quantitative estimate of drug-likeness (QED) is 0.0260. The van der Waals surface area contributed by atoms with Gasteiger partial charge in [-0.15, -0.1) is 0 Å². The molecule has 1 saturated carbocycles. The number of aromatic nitrogens is 8. The van der Waals surface area contributed by atoms with Gasteiger partial charge >= 0.3 is 18.4 Å². The number of ether oxygens (including phenoxy) is 3. The van der Waals surface area contributed by atoms with Crippen LogP contribution in [0.25, 0.3) is 44.1 Å². The SMILES string of the molecule is C[C@H](CCO)n1c(NC(=O)c2cccc(C(F)(F)F)c2)nc2cc(N3CCOCC3=O)ccc21.C[C@H](CCO)n1c(NC(=O)c2cccc(C(F)F)c2)nc2cc(N3CCOCC3=O)ccc21.O=C(Nc1nc2cc(N3CCCNC3=O)ccc2n1CCCO)c1cccc(C(F)F)c1.O=C(Nc1nc2cc(N3CCOCC3=O)ccc2n1C1CCCCC1)c1cccc(C(F)(F)F)c1. The number of morpholine rings is 3. The van der Waals surface area contributed by atoms with Gasteiger partial charge < -0.3 is 67.8 Å². The highest BCUT2D eigenvalue weighted by Crippen LogP contribution is 2.40. The Bertz CT molecular complexity index is 6310. The molecular weight excluding hydrogens is 1770 g/mol. The molecule has 134 heavy (non-hydrogen) atoms. The second-order valence-corrected chi connectivity index (χ2v) is 32.1. The first-order valence-electron chi connectivity index (χ1n) is 43.3. The lowest BCUT2D eigenvalue weighted by atomic mass is 9.95. The molecular formula is C93H95F10N17O14. The second kappa shape index (κ2) is 42.9. The average molecular weight is 1860 g/mol. The Morgan fingerprint density at radius 2 is 0.806 bits per heavy atom. The molecule has 8 N–H and O–H groups in total. The Morgan fingerprint density at radius 1 is 0.433 bits per heavy atom. The van der Waals surface area contributed by atoms with Crippen molar-refractivity contribution >= 4 is 138 Å². The summed E-state index contributed by atoms with van der Waals surface area (Å²) in [7, 11) is 0. The number of anilines is 8. The van der Waals surface area contributed by atoms with Crippen molar-refractivity contribution in [3.8, 4) is 0 Å². The molecule has 4 aromatic heterocycles. The van der Waals surface area contributed by atoms with E-state index >= 15 is 0 Å². The topological polar surface area (TPSA) is 369 Å². The van der Waals surface area contributed by atoms with Gasteiger partial charge in [-0.3, -0.25) is 59.7 Å². The zero-order valence-corrected chi connectivity index (χ0v) is 72.5. The number of fused-ring (bicyclic) bond motifs is 4. The van der Waals surface area contributed by atoms with E-state index in [2.05, 4.69) is 46.5 Å². The minimum atomic E-state index is -4.58. The Kier molecular flexibility index (Phi) is 30.8. The van der Waals surface area contributed by atoms with Crippen LogP contribution < -0.4 is 46.2 Å². The van der Waals surface area contributed by atoms with Crippen LogP contribution in [0, 0.1) is 0 Å². The smallest absolute Gasteiger partial charge is 0.396 e. The van der Waals surface area contributed by atoms with Gasteiger partial charge in [-0.05, 0) is 186 Å². The zero-order chi connectivity index (χ0) is 95.2.